The number of hydrogen-bond acceptors (Lipinski definition) is 3. The molecule has 1 aliphatic rings. The van der Waals surface area contributed by atoms with Crippen LogP contribution in [0.5, 0.6) is 5.75 Å². The number of ether oxygens (including phenoxy) is 1. The molecule has 1 amide bonds. The molecule has 1 heterocycles. The van der Waals surface area contributed by atoms with Crippen molar-refractivity contribution in [1.29, 1.82) is 0 Å². The van der Waals surface area contributed by atoms with Crippen LogP contribution in [0.4, 0.5) is 0 Å². The van der Waals surface area contributed by atoms with Crippen molar-refractivity contribution in [3.8, 4) is 5.75 Å². The minimum atomic E-state index is -0.422. The molecule has 26 heavy (non-hydrogen) atoms. The van der Waals surface area contributed by atoms with Gasteiger partial charge in [-0.25, -0.2) is 0 Å². The van der Waals surface area contributed by atoms with E-state index in [0.717, 1.165) is 42.4 Å². The van der Waals surface area contributed by atoms with E-state index in [4.69, 9.17) is 4.74 Å². The monoisotopic (exact) mass is 360 g/mol. The molecule has 0 unspecified atom stereocenters. The van der Waals surface area contributed by atoms with Crippen LogP contribution in [0.25, 0.3) is 0 Å². The van der Waals surface area contributed by atoms with Gasteiger partial charge in [0.15, 0.2) is 6.10 Å². The van der Waals surface area contributed by atoms with E-state index in [-0.39, 0.29) is 5.91 Å². The van der Waals surface area contributed by atoms with Gasteiger partial charge in [-0.05, 0) is 69.7 Å². The molecular formula is C22H36N2O2. The van der Waals surface area contributed by atoms with Crippen LogP contribution in [0.3, 0.4) is 0 Å². The van der Waals surface area contributed by atoms with Gasteiger partial charge in [-0.1, -0.05) is 32.4 Å². The zero-order chi connectivity index (χ0) is 18.9. The van der Waals surface area contributed by atoms with Crippen LogP contribution in [0.1, 0.15) is 63.5 Å². The molecule has 2 atom stereocenters. The second-order valence-corrected chi connectivity index (χ2v) is 7.52. The highest BCUT2D eigenvalue weighted by molar-refractivity contribution is 5.81. The minimum absolute atomic E-state index is 0.000841. The fourth-order valence-corrected chi connectivity index (χ4v) is 3.73. The van der Waals surface area contributed by atoms with E-state index in [1.165, 1.54) is 32.2 Å². The number of aryl methyl sites for hydroxylation is 2. The first-order chi connectivity index (χ1) is 12.5. The summed E-state index contributed by atoms with van der Waals surface area (Å²) in [4.78, 5) is 15.1. The average molecular weight is 361 g/mol. The van der Waals surface area contributed by atoms with Gasteiger partial charge in [0.2, 0.25) is 0 Å². The Morgan fingerprint density at radius 1 is 1.31 bits per heavy atom. The molecule has 0 aromatic heterocycles. The van der Waals surface area contributed by atoms with Crippen molar-refractivity contribution in [3.05, 3.63) is 29.3 Å². The Bertz CT molecular complexity index is 573. The fourth-order valence-electron chi connectivity index (χ4n) is 3.73. The molecule has 1 aliphatic heterocycles. The summed E-state index contributed by atoms with van der Waals surface area (Å²) in [7, 11) is 0. The molecule has 0 saturated carbocycles. The number of carbonyl (C=O) groups excluding carboxylic acids is 1. The van der Waals surface area contributed by atoms with Gasteiger partial charge in [0.1, 0.15) is 5.75 Å². The Hall–Kier alpha value is -1.55. The van der Waals surface area contributed by atoms with Gasteiger partial charge in [0.25, 0.3) is 5.91 Å². The molecule has 1 N–H and O–H groups in total. The van der Waals surface area contributed by atoms with Crippen LogP contribution in [0.2, 0.25) is 0 Å². The first-order valence-electron chi connectivity index (χ1n) is 10.3. The zero-order valence-corrected chi connectivity index (χ0v) is 17.0. The third-order valence-electron chi connectivity index (χ3n) is 5.42. The molecule has 1 aromatic rings. The maximum Gasteiger partial charge on any atom is 0.261 e. The van der Waals surface area contributed by atoms with Crippen LogP contribution in [0.15, 0.2) is 18.2 Å². The number of nitrogens with one attached hydrogen (secondary N) is 1. The lowest BCUT2D eigenvalue weighted by Crippen LogP contribution is -2.42. The second kappa shape index (κ2) is 10.6. The highest BCUT2D eigenvalue weighted by Crippen LogP contribution is 2.21. The molecule has 1 aromatic carbocycles. The smallest absolute Gasteiger partial charge is 0.261 e. The summed E-state index contributed by atoms with van der Waals surface area (Å²) in [6.07, 6.45) is 6.47. The van der Waals surface area contributed by atoms with Crippen molar-refractivity contribution < 1.29 is 9.53 Å². The molecule has 0 spiro atoms. The maximum atomic E-state index is 12.5. The predicted molar refractivity (Wildman–Crippen MR) is 108 cm³/mol. The molecular weight excluding hydrogens is 324 g/mol. The number of hydrogen-bond donors (Lipinski definition) is 1. The summed E-state index contributed by atoms with van der Waals surface area (Å²) in [5.74, 6) is 0.810. The van der Waals surface area contributed by atoms with E-state index < -0.39 is 6.10 Å². The summed E-state index contributed by atoms with van der Waals surface area (Å²) in [5, 5.41) is 3.07. The van der Waals surface area contributed by atoms with Crippen LogP contribution in [0, 0.1) is 13.8 Å². The molecule has 1 saturated heterocycles. The Labute approximate surface area is 159 Å². The van der Waals surface area contributed by atoms with E-state index in [1.807, 2.05) is 32.9 Å². The predicted octanol–water partition coefficient (Wildman–Crippen LogP) is 4.23. The van der Waals surface area contributed by atoms with Crippen molar-refractivity contribution in [3.63, 3.8) is 0 Å². The Morgan fingerprint density at radius 3 is 2.85 bits per heavy atom. The number of nitrogens with zero attached hydrogens (tertiary/aromatic N) is 1. The lowest BCUT2D eigenvalue weighted by Gasteiger charge is -2.35. The lowest BCUT2D eigenvalue weighted by molar-refractivity contribution is -0.128. The van der Waals surface area contributed by atoms with Gasteiger partial charge < -0.3 is 15.0 Å². The highest BCUT2D eigenvalue weighted by atomic mass is 16.5. The van der Waals surface area contributed by atoms with Gasteiger partial charge in [-0.3, -0.25) is 4.79 Å². The number of carbonyl (C=O) groups is 1. The van der Waals surface area contributed by atoms with Crippen LogP contribution < -0.4 is 10.1 Å². The minimum Gasteiger partial charge on any atom is -0.480 e. The number of amides is 1. The fraction of sp³-hybridized carbons (Fsp3) is 0.682. The van der Waals surface area contributed by atoms with Crippen molar-refractivity contribution in [1.82, 2.24) is 10.2 Å². The standard InChI is InChI=1S/C22H36N2O2/c1-5-19-10-7-8-14-24(19)15-9-13-23-22(25)20(6-2)26-21-16-17(3)11-12-18(21)4/h11-12,16,19-20H,5-10,13-15H2,1-4H3,(H,23,25)/t19-,20-/m0/s1. The quantitative estimate of drug-likeness (QED) is 0.670. The van der Waals surface area contributed by atoms with Gasteiger partial charge in [-0.2, -0.15) is 0 Å². The Morgan fingerprint density at radius 2 is 2.12 bits per heavy atom. The summed E-state index contributed by atoms with van der Waals surface area (Å²) in [5.41, 5.74) is 2.21. The third-order valence-corrected chi connectivity index (χ3v) is 5.42. The topological polar surface area (TPSA) is 41.6 Å². The van der Waals surface area contributed by atoms with Crippen LogP contribution >= 0.6 is 0 Å². The van der Waals surface area contributed by atoms with Crippen molar-refractivity contribution >= 4 is 5.91 Å². The van der Waals surface area contributed by atoms with E-state index in [9.17, 15) is 4.79 Å². The molecule has 0 aliphatic carbocycles. The Balaban J connectivity index is 1.77. The maximum absolute atomic E-state index is 12.5. The first-order valence-corrected chi connectivity index (χ1v) is 10.3. The number of likely N-dealkylation sites (tertiary alicyclic amines) is 1. The molecule has 146 valence electrons. The normalized spacial score (nSPS) is 19.2. The summed E-state index contributed by atoms with van der Waals surface area (Å²) in [6, 6.07) is 6.84. The molecule has 4 heteroatoms. The molecule has 0 radical (unpaired) electrons. The van der Waals surface area contributed by atoms with Crippen molar-refractivity contribution in [2.24, 2.45) is 0 Å². The third kappa shape index (κ3) is 6.01. The number of benzene rings is 1. The largest absolute Gasteiger partial charge is 0.480 e. The zero-order valence-electron chi connectivity index (χ0n) is 17.0. The number of rotatable bonds is 9. The van der Waals surface area contributed by atoms with E-state index in [1.54, 1.807) is 0 Å². The van der Waals surface area contributed by atoms with E-state index >= 15 is 0 Å². The second-order valence-electron chi connectivity index (χ2n) is 7.52. The number of piperidine rings is 1. The lowest BCUT2D eigenvalue weighted by atomic mass is 10.00. The highest BCUT2D eigenvalue weighted by Gasteiger charge is 2.21. The average Bonchev–Trinajstić information content (AvgIpc) is 2.65. The van der Waals surface area contributed by atoms with Crippen LogP contribution in [-0.2, 0) is 4.79 Å². The van der Waals surface area contributed by atoms with E-state index in [2.05, 4.69) is 23.2 Å². The molecule has 4 nitrogen and oxygen atoms in total. The van der Waals surface area contributed by atoms with Crippen molar-refractivity contribution in [2.45, 2.75) is 78.4 Å². The van der Waals surface area contributed by atoms with Gasteiger partial charge >= 0.3 is 0 Å². The van der Waals surface area contributed by atoms with Crippen molar-refractivity contribution in [2.75, 3.05) is 19.6 Å². The summed E-state index contributed by atoms with van der Waals surface area (Å²) in [6.45, 7) is 11.3. The summed E-state index contributed by atoms with van der Waals surface area (Å²) >= 11 is 0. The van der Waals surface area contributed by atoms with Gasteiger partial charge in [0, 0.05) is 19.1 Å². The molecule has 2 rings (SSSR count). The molecule has 1 fully saturated rings. The van der Waals surface area contributed by atoms with Crippen LogP contribution in [-0.4, -0.2) is 42.6 Å². The summed E-state index contributed by atoms with van der Waals surface area (Å²) < 4.78 is 6.00. The Kier molecular flexibility index (Phi) is 8.43. The van der Waals surface area contributed by atoms with E-state index in [0.29, 0.717) is 6.42 Å². The molecule has 0 bridgehead atoms. The van der Waals surface area contributed by atoms with Gasteiger partial charge in [0.05, 0.1) is 0 Å². The first kappa shape index (κ1) is 20.8. The SMILES string of the molecule is CC[C@H]1CCCCN1CCCNC(=O)[C@H](CC)Oc1cc(C)ccc1C. The van der Waals surface area contributed by atoms with Gasteiger partial charge in [-0.15, -0.1) is 0 Å².